The maximum absolute atomic E-state index is 11.3. The fourth-order valence-electron chi connectivity index (χ4n) is 1.19. The minimum Gasteiger partial charge on any atom is -0.352 e. The number of hydrogen-bond donors (Lipinski definition) is 2. The Bertz CT molecular complexity index is 492. The van der Waals surface area contributed by atoms with Gasteiger partial charge in [-0.05, 0) is 17.7 Å². The lowest BCUT2D eigenvalue weighted by Gasteiger charge is -2.07. The van der Waals surface area contributed by atoms with Gasteiger partial charge in [0.05, 0.1) is 4.90 Å². The lowest BCUT2D eigenvalue weighted by Crippen LogP contribution is -2.27. The maximum Gasteiger partial charge on any atom is 0.238 e. The topological polar surface area (TPSA) is 89.3 Å². The Hall–Kier alpha value is -1.40. The van der Waals surface area contributed by atoms with Crippen molar-refractivity contribution in [3.05, 3.63) is 29.8 Å². The molecule has 0 aliphatic carbocycles. The molecule has 0 saturated heterocycles. The zero-order valence-corrected chi connectivity index (χ0v) is 10.6. The molecule has 0 radical (unpaired) electrons. The average molecular weight is 256 g/mol. The van der Waals surface area contributed by atoms with E-state index in [0.717, 1.165) is 5.56 Å². The monoisotopic (exact) mass is 256 g/mol. The lowest BCUT2D eigenvalue weighted by molar-refractivity contribution is -0.124. The van der Waals surface area contributed by atoms with E-state index in [-0.39, 0.29) is 16.7 Å². The molecule has 0 atom stereocenters. The highest BCUT2D eigenvalue weighted by atomic mass is 32.2. The van der Waals surface area contributed by atoms with Crippen molar-refractivity contribution in [3.63, 3.8) is 0 Å². The van der Waals surface area contributed by atoms with Crippen LogP contribution in [0.5, 0.6) is 0 Å². The molecule has 0 heterocycles. The van der Waals surface area contributed by atoms with Crippen LogP contribution in [0, 0.1) is 5.92 Å². The largest absolute Gasteiger partial charge is 0.352 e. The predicted octanol–water partition coefficient (Wildman–Crippen LogP) is 0.606. The molecule has 0 fully saturated rings. The number of hydrogen-bond acceptors (Lipinski definition) is 3. The number of benzene rings is 1. The zero-order valence-electron chi connectivity index (χ0n) is 9.80. The smallest absolute Gasteiger partial charge is 0.238 e. The van der Waals surface area contributed by atoms with Gasteiger partial charge in [-0.25, -0.2) is 13.6 Å². The first-order chi connectivity index (χ1) is 7.80. The summed E-state index contributed by atoms with van der Waals surface area (Å²) in [6.07, 6.45) is 0. The van der Waals surface area contributed by atoms with E-state index in [2.05, 4.69) is 5.32 Å². The van der Waals surface area contributed by atoms with Crippen LogP contribution in [0.15, 0.2) is 29.2 Å². The Labute approximate surface area is 101 Å². The highest BCUT2D eigenvalue weighted by Gasteiger charge is 2.08. The summed E-state index contributed by atoms with van der Waals surface area (Å²) in [5.74, 6) is -0.112. The number of carbonyl (C=O) groups is 1. The Morgan fingerprint density at radius 1 is 1.29 bits per heavy atom. The van der Waals surface area contributed by atoms with Crippen molar-refractivity contribution < 1.29 is 13.2 Å². The van der Waals surface area contributed by atoms with E-state index < -0.39 is 10.0 Å². The predicted molar refractivity (Wildman–Crippen MR) is 64.5 cm³/mol. The number of primary sulfonamides is 1. The van der Waals surface area contributed by atoms with Gasteiger partial charge < -0.3 is 5.32 Å². The molecule has 1 aromatic rings. The van der Waals surface area contributed by atoms with Crippen molar-refractivity contribution in [2.45, 2.75) is 25.3 Å². The van der Waals surface area contributed by atoms with Crippen molar-refractivity contribution in [3.8, 4) is 0 Å². The Morgan fingerprint density at radius 2 is 1.82 bits per heavy atom. The van der Waals surface area contributed by atoms with E-state index in [1.165, 1.54) is 12.1 Å². The van der Waals surface area contributed by atoms with Crippen molar-refractivity contribution in [1.29, 1.82) is 0 Å². The first kappa shape index (κ1) is 13.7. The van der Waals surface area contributed by atoms with Crippen molar-refractivity contribution in [1.82, 2.24) is 5.32 Å². The van der Waals surface area contributed by atoms with E-state index in [1.54, 1.807) is 26.0 Å². The third kappa shape index (κ3) is 4.16. The van der Waals surface area contributed by atoms with Crippen LogP contribution >= 0.6 is 0 Å². The Morgan fingerprint density at radius 3 is 2.24 bits per heavy atom. The molecule has 1 amide bonds. The van der Waals surface area contributed by atoms with Gasteiger partial charge >= 0.3 is 0 Å². The Kier molecular flexibility index (Phi) is 4.25. The minimum absolute atomic E-state index is 0.0412. The lowest BCUT2D eigenvalue weighted by atomic mass is 10.2. The summed E-state index contributed by atoms with van der Waals surface area (Å²) in [7, 11) is -3.65. The zero-order chi connectivity index (χ0) is 13.1. The average Bonchev–Trinajstić information content (AvgIpc) is 2.25. The third-order valence-electron chi connectivity index (χ3n) is 2.24. The number of rotatable bonds is 4. The van der Waals surface area contributed by atoms with Gasteiger partial charge in [-0.2, -0.15) is 0 Å². The molecule has 0 aromatic heterocycles. The molecule has 1 rings (SSSR count). The van der Waals surface area contributed by atoms with Gasteiger partial charge in [0, 0.05) is 12.5 Å². The summed E-state index contributed by atoms with van der Waals surface area (Å²) >= 11 is 0. The third-order valence-corrected chi connectivity index (χ3v) is 3.17. The molecule has 0 saturated carbocycles. The molecular formula is C11H16N2O3S. The second-order valence-corrected chi connectivity index (χ2v) is 5.62. The van der Waals surface area contributed by atoms with Crippen LogP contribution in [0.4, 0.5) is 0 Å². The number of nitrogens with two attached hydrogens (primary N) is 1. The summed E-state index contributed by atoms with van der Waals surface area (Å²) in [6, 6.07) is 6.10. The highest BCUT2D eigenvalue weighted by Crippen LogP contribution is 2.08. The first-order valence-corrected chi connectivity index (χ1v) is 6.75. The van der Waals surface area contributed by atoms with Gasteiger partial charge in [-0.3, -0.25) is 4.79 Å². The van der Waals surface area contributed by atoms with Crippen LogP contribution in [-0.4, -0.2) is 14.3 Å². The SMILES string of the molecule is CC(C)C(=O)NCc1ccc(S(N)(=O)=O)cc1. The van der Waals surface area contributed by atoms with Crippen LogP contribution in [0.25, 0.3) is 0 Å². The number of amides is 1. The quantitative estimate of drug-likeness (QED) is 0.827. The van der Waals surface area contributed by atoms with Gasteiger partial charge in [0.2, 0.25) is 15.9 Å². The van der Waals surface area contributed by atoms with E-state index in [4.69, 9.17) is 5.14 Å². The number of nitrogens with one attached hydrogen (secondary N) is 1. The molecule has 6 heteroatoms. The van der Waals surface area contributed by atoms with Gasteiger partial charge in [0.1, 0.15) is 0 Å². The fraction of sp³-hybridized carbons (Fsp3) is 0.364. The molecule has 1 aromatic carbocycles. The summed E-state index contributed by atoms with van der Waals surface area (Å²) in [4.78, 5) is 11.4. The highest BCUT2D eigenvalue weighted by molar-refractivity contribution is 7.89. The van der Waals surface area contributed by atoms with Crippen LogP contribution in [0.2, 0.25) is 0 Å². The number of carbonyl (C=O) groups excluding carboxylic acids is 1. The van der Waals surface area contributed by atoms with Gasteiger partial charge in [-0.15, -0.1) is 0 Å². The van der Waals surface area contributed by atoms with Crippen LogP contribution in [0.3, 0.4) is 0 Å². The standard InChI is InChI=1S/C11H16N2O3S/c1-8(2)11(14)13-7-9-3-5-10(6-4-9)17(12,15)16/h3-6,8H,7H2,1-2H3,(H,13,14)(H2,12,15,16). The second kappa shape index (κ2) is 5.29. The molecular weight excluding hydrogens is 240 g/mol. The van der Waals surface area contributed by atoms with Crippen molar-refractivity contribution in [2.24, 2.45) is 11.1 Å². The van der Waals surface area contributed by atoms with Gasteiger partial charge in [0.25, 0.3) is 0 Å². The molecule has 17 heavy (non-hydrogen) atoms. The van der Waals surface area contributed by atoms with Crippen LogP contribution in [0.1, 0.15) is 19.4 Å². The maximum atomic E-state index is 11.3. The van der Waals surface area contributed by atoms with Crippen molar-refractivity contribution in [2.75, 3.05) is 0 Å². The Balaban J connectivity index is 2.67. The molecule has 0 aliphatic rings. The van der Waals surface area contributed by atoms with Gasteiger partial charge in [-0.1, -0.05) is 26.0 Å². The second-order valence-electron chi connectivity index (χ2n) is 4.06. The minimum atomic E-state index is -3.65. The van der Waals surface area contributed by atoms with E-state index in [1.807, 2.05) is 0 Å². The molecule has 0 aliphatic heterocycles. The summed E-state index contributed by atoms with van der Waals surface area (Å²) in [5, 5.41) is 7.71. The molecule has 0 unspecified atom stereocenters. The molecule has 0 bridgehead atoms. The number of sulfonamides is 1. The van der Waals surface area contributed by atoms with Crippen LogP contribution < -0.4 is 10.5 Å². The van der Waals surface area contributed by atoms with Crippen LogP contribution in [-0.2, 0) is 21.4 Å². The molecule has 3 N–H and O–H groups in total. The molecule has 0 spiro atoms. The van der Waals surface area contributed by atoms with E-state index in [9.17, 15) is 13.2 Å². The summed E-state index contributed by atoms with van der Waals surface area (Å²) < 4.78 is 22.0. The summed E-state index contributed by atoms with van der Waals surface area (Å²) in [5.41, 5.74) is 0.825. The first-order valence-electron chi connectivity index (χ1n) is 5.20. The molecule has 94 valence electrons. The van der Waals surface area contributed by atoms with E-state index >= 15 is 0 Å². The molecule has 5 nitrogen and oxygen atoms in total. The van der Waals surface area contributed by atoms with Crippen molar-refractivity contribution >= 4 is 15.9 Å². The van der Waals surface area contributed by atoms with Gasteiger partial charge in [0.15, 0.2) is 0 Å². The van der Waals surface area contributed by atoms with E-state index in [0.29, 0.717) is 6.54 Å². The fourth-order valence-corrected chi connectivity index (χ4v) is 1.71. The normalized spacial score (nSPS) is 11.5. The summed E-state index contributed by atoms with van der Waals surface area (Å²) in [6.45, 7) is 3.99.